The highest BCUT2D eigenvalue weighted by molar-refractivity contribution is 7.98. The minimum Gasteiger partial charge on any atom is -0.342 e. The number of quaternary nitrogens is 1. The van der Waals surface area contributed by atoms with Gasteiger partial charge >= 0.3 is 11.8 Å². The minimum atomic E-state index is -0.662. The Kier molecular flexibility index (Phi) is 5.40. The summed E-state index contributed by atoms with van der Waals surface area (Å²) < 4.78 is 1.71. The van der Waals surface area contributed by atoms with E-state index in [1.807, 2.05) is 44.4 Å². The van der Waals surface area contributed by atoms with Crippen LogP contribution in [0.2, 0.25) is 0 Å². The van der Waals surface area contributed by atoms with Gasteiger partial charge in [0.15, 0.2) is 0 Å². The van der Waals surface area contributed by atoms with E-state index in [0.717, 1.165) is 35.0 Å². The number of carbonyl (C=O) groups is 2. The van der Waals surface area contributed by atoms with Gasteiger partial charge in [-0.3, -0.25) is 9.59 Å². The number of fused-ring (bicyclic) bond motifs is 1. The number of likely N-dealkylation sites (N-methyl/N-ethyl adjacent to an activating group) is 1. The quantitative estimate of drug-likeness (QED) is 0.646. The first-order chi connectivity index (χ1) is 12.1. The average molecular weight is 360 g/mol. The van der Waals surface area contributed by atoms with E-state index in [-0.39, 0.29) is 0 Å². The van der Waals surface area contributed by atoms with E-state index in [1.165, 1.54) is 4.90 Å². The number of nitrogens with zero attached hydrogens (tertiary/aromatic N) is 2. The third-order valence-corrected chi connectivity index (χ3v) is 4.87. The molecule has 1 aliphatic heterocycles. The Morgan fingerprint density at radius 1 is 1.20 bits per heavy atom. The van der Waals surface area contributed by atoms with Gasteiger partial charge < -0.3 is 15.5 Å². The van der Waals surface area contributed by atoms with Crippen LogP contribution in [0.25, 0.3) is 5.69 Å². The number of amides is 2. The lowest BCUT2D eigenvalue weighted by atomic mass is 10.2. The molecule has 0 bridgehead atoms. The predicted octanol–water partition coefficient (Wildman–Crippen LogP) is -0.182. The fourth-order valence-corrected chi connectivity index (χ4v) is 3.60. The normalized spacial score (nSPS) is 12.9. The van der Waals surface area contributed by atoms with E-state index in [4.69, 9.17) is 0 Å². The molecule has 1 aliphatic rings. The first kappa shape index (κ1) is 17.5. The molecule has 1 aromatic carbocycles. The molecular formula is C17H22N5O2S+. The third-order valence-electron chi connectivity index (χ3n) is 3.90. The number of benzene rings is 1. The second-order valence-corrected chi connectivity index (χ2v) is 7.17. The second-order valence-electron chi connectivity index (χ2n) is 6.18. The Balaban J connectivity index is 1.78. The lowest BCUT2D eigenvalue weighted by Crippen LogP contribution is -3.06. The summed E-state index contributed by atoms with van der Waals surface area (Å²) in [4.78, 5) is 25.5. The maximum atomic E-state index is 12.3. The molecule has 0 saturated carbocycles. The second kappa shape index (κ2) is 7.71. The van der Waals surface area contributed by atoms with Crippen molar-refractivity contribution in [3.8, 4) is 5.69 Å². The molecule has 0 fully saturated rings. The van der Waals surface area contributed by atoms with Crippen molar-refractivity contribution < 1.29 is 14.5 Å². The third kappa shape index (κ3) is 4.02. The average Bonchev–Trinajstić information content (AvgIpc) is 3.17. The molecule has 0 saturated heterocycles. The van der Waals surface area contributed by atoms with Crippen molar-refractivity contribution in [2.75, 3.05) is 32.5 Å². The van der Waals surface area contributed by atoms with Gasteiger partial charge in [-0.1, -0.05) is 18.2 Å². The molecule has 2 heterocycles. The fourth-order valence-electron chi connectivity index (χ4n) is 2.57. The number of nitrogens with one attached hydrogen (secondary N) is 3. The Hall–Kier alpha value is -2.32. The molecule has 0 atom stereocenters. The monoisotopic (exact) mass is 360 g/mol. The van der Waals surface area contributed by atoms with Crippen molar-refractivity contribution in [1.82, 2.24) is 15.1 Å². The summed E-state index contributed by atoms with van der Waals surface area (Å²) in [5.74, 6) is 0.899. The van der Waals surface area contributed by atoms with Crippen LogP contribution in [0.3, 0.4) is 0 Å². The van der Waals surface area contributed by atoms with Crippen LogP contribution in [-0.4, -0.2) is 48.8 Å². The SMILES string of the molecule is C[NH+](C)CCNC(=O)C(=O)Nc1c2c(nn1-c1ccccc1)CSC2. The highest BCUT2D eigenvalue weighted by Gasteiger charge is 2.26. The summed E-state index contributed by atoms with van der Waals surface area (Å²) in [6.45, 7) is 1.22. The summed E-state index contributed by atoms with van der Waals surface area (Å²) in [6, 6.07) is 9.60. The van der Waals surface area contributed by atoms with E-state index in [9.17, 15) is 9.59 Å². The summed E-state index contributed by atoms with van der Waals surface area (Å²) in [6.07, 6.45) is 0. The largest absolute Gasteiger partial charge is 0.342 e. The molecular weight excluding hydrogens is 338 g/mol. The van der Waals surface area contributed by atoms with Crippen LogP contribution in [0, 0.1) is 0 Å². The minimum absolute atomic E-state index is 0.459. The van der Waals surface area contributed by atoms with Gasteiger partial charge in [0, 0.05) is 17.1 Å². The first-order valence-electron chi connectivity index (χ1n) is 8.18. The number of anilines is 1. The maximum absolute atomic E-state index is 12.3. The van der Waals surface area contributed by atoms with Gasteiger partial charge in [-0.05, 0) is 12.1 Å². The molecule has 132 valence electrons. The van der Waals surface area contributed by atoms with Crippen molar-refractivity contribution >= 4 is 29.4 Å². The fraction of sp³-hybridized carbons (Fsp3) is 0.353. The Bertz CT molecular complexity index is 773. The van der Waals surface area contributed by atoms with Crippen LogP contribution in [0.1, 0.15) is 11.3 Å². The van der Waals surface area contributed by atoms with Crippen LogP contribution in [0.4, 0.5) is 5.82 Å². The topological polar surface area (TPSA) is 80.5 Å². The summed E-state index contributed by atoms with van der Waals surface area (Å²) >= 11 is 1.75. The zero-order valence-corrected chi connectivity index (χ0v) is 15.2. The van der Waals surface area contributed by atoms with Gasteiger partial charge in [0.25, 0.3) is 0 Å². The standard InChI is InChI=1S/C17H21N5O2S/c1-21(2)9-8-18-16(23)17(24)19-15-13-10-25-11-14(13)20-22(15)12-6-4-3-5-7-12/h3-7H,8-11H2,1-2H3,(H,18,23)(H,19,24)/p+1. The lowest BCUT2D eigenvalue weighted by Gasteiger charge is -2.11. The maximum Gasteiger partial charge on any atom is 0.314 e. The molecule has 0 unspecified atom stereocenters. The Labute approximate surface area is 150 Å². The Morgan fingerprint density at radius 3 is 2.68 bits per heavy atom. The van der Waals surface area contributed by atoms with Crippen molar-refractivity contribution in [3.05, 3.63) is 41.6 Å². The predicted molar refractivity (Wildman–Crippen MR) is 97.9 cm³/mol. The molecule has 0 spiro atoms. The van der Waals surface area contributed by atoms with E-state index in [1.54, 1.807) is 16.4 Å². The van der Waals surface area contributed by atoms with Crippen LogP contribution in [0.15, 0.2) is 30.3 Å². The Morgan fingerprint density at radius 2 is 1.96 bits per heavy atom. The molecule has 7 nitrogen and oxygen atoms in total. The van der Waals surface area contributed by atoms with Crippen molar-refractivity contribution in [2.45, 2.75) is 11.5 Å². The van der Waals surface area contributed by atoms with Crippen molar-refractivity contribution in [3.63, 3.8) is 0 Å². The molecule has 2 amide bonds. The molecule has 0 radical (unpaired) electrons. The number of hydrogen-bond acceptors (Lipinski definition) is 4. The van der Waals surface area contributed by atoms with Gasteiger partial charge in [0.1, 0.15) is 5.82 Å². The zero-order chi connectivity index (χ0) is 17.8. The number of rotatable bonds is 5. The molecule has 3 rings (SSSR count). The first-order valence-corrected chi connectivity index (χ1v) is 9.34. The number of carbonyl (C=O) groups excluding carboxylic acids is 2. The van der Waals surface area contributed by atoms with Gasteiger partial charge in [0.2, 0.25) is 0 Å². The number of hydrogen-bond donors (Lipinski definition) is 3. The van der Waals surface area contributed by atoms with Crippen molar-refractivity contribution in [1.29, 1.82) is 0 Å². The highest BCUT2D eigenvalue weighted by atomic mass is 32.2. The van der Waals surface area contributed by atoms with E-state index in [0.29, 0.717) is 12.4 Å². The number of para-hydroxylation sites is 1. The smallest absolute Gasteiger partial charge is 0.314 e. The molecule has 2 aromatic rings. The molecule has 25 heavy (non-hydrogen) atoms. The highest BCUT2D eigenvalue weighted by Crippen LogP contribution is 2.35. The van der Waals surface area contributed by atoms with Crippen LogP contribution in [-0.2, 0) is 21.1 Å². The lowest BCUT2D eigenvalue weighted by molar-refractivity contribution is -0.856. The zero-order valence-electron chi connectivity index (χ0n) is 14.3. The molecule has 3 N–H and O–H groups in total. The van der Waals surface area contributed by atoms with Crippen LogP contribution in [0.5, 0.6) is 0 Å². The van der Waals surface area contributed by atoms with E-state index < -0.39 is 11.8 Å². The van der Waals surface area contributed by atoms with E-state index >= 15 is 0 Å². The number of thioether (sulfide) groups is 1. The summed E-state index contributed by atoms with van der Waals surface area (Å²) in [5.41, 5.74) is 2.81. The molecule has 8 heteroatoms. The van der Waals surface area contributed by atoms with Crippen molar-refractivity contribution in [2.24, 2.45) is 0 Å². The van der Waals surface area contributed by atoms with E-state index in [2.05, 4.69) is 15.7 Å². The van der Waals surface area contributed by atoms with Crippen LogP contribution >= 0.6 is 11.8 Å². The van der Waals surface area contributed by atoms with Gasteiger partial charge in [-0.25, -0.2) is 4.68 Å². The van der Waals surface area contributed by atoms with Gasteiger partial charge in [-0.15, -0.1) is 0 Å². The van der Waals surface area contributed by atoms with Gasteiger partial charge in [-0.2, -0.15) is 16.9 Å². The summed E-state index contributed by atoms with van der Waals surface area (Å²) in [5, 5.41) is 10.0. The van der Waals surface area contributed by atoms with Crippen LogP contribution < -0.4 is 15.5 Å². The number of aromatic nitrogens is 2. The molecule has 0 aliphatic carbocycles. The summed E-state index contributed by atoms with van der Waals surface area (Å²) in [7, 11) is 3.98. The molecule has 1 aromatic heterocycles. The van der Waals surface area contributed by atoms with Gasteiger partial charge in [0.05, 0.1) is 38.6 Å².